The van der Waals surface area contributed by atoms with E-state index in [1.807, 2.05) is 13.8 Å². The van der Waals surface area contributed by atoms with E-state index in [0.29, 0.717) is 12.4 Å². The lowest BCUT2D eigenvalue weighted by Crippen LogP contribution is -2.34. The zero-order chi connectivity index (χ0) is 9.40. The third kappa shape index (κ3) is 6.12. The molecule has 4 nitrogen and oxygen atoms in total. The van der Waals surface area contributed by atoms with Crippen LogP contribution in [0.4, 0.5) is 0 Å². The Morgan fingerprint density at radius 2 is 2.25 bits per heavy atom. The van der Waals surface area contributed by atoms with Crippen molar-refractivity contribution < 1.29 is 4.74 Å². The van der Waals surface area contributed by atoms with Crippen molar-refractivity contribution in [2.45, 2.75) is 33.3 Å². The molecule has 0 aromatic rings. The molecule has 0 rings (SSSR count). The molecule has 0 spiro atoms. The summed E-state index contributed by atoms with van der Waals surface area (Å²) >= 11 is 0. The Morgan fingerprint density at radius 1 is 1.58 bits per heavy atom. The molecular weight excluding hydrogens is 154 g/mol. The minimum Gasteiger partial charge on any atom is -0.371 e. The summed E-state index contributed by atoms with van der Waals surface area (Å²) in [4.78, 5) is 4.19. The number of nitrogens with two attached hydrogens (primary N) is 1. The Bertz CT molecular complexity index is 134. The molecule has 0 aliphatic heterocycles. The molecule has 0 aromatic carbocycles. The molecule has 0 radical (unpaired) electrons. The van der Waals surface area contributed by atoms with Crippen LogP contribution in [0.25, 0.3) is 0 Å². The van der Waals surface area contributed by atoms with Crippen LogP contribution in [0.1, 0.15) is 27.2 Å². The summed E-state index contributed by atoms with van der Waals surface area (Å²) in [5, 5.41) is 0. The van der Waals surface area contributed by atoms with Crippen molar-refractivity contribution >= 4 is 5.84 Å². The number of nitrogens with one attached hydrogen (secondary N) is 1. The maximum atomic E-state index is 5.32. The van der Waals surface area contributed by atoms with Gasteiger partial charge in [0.2, 0.25) is 0 Å². The average molecular weight is 173 g/mol. The lowest BCUT2D eigenvalue weighted by molar-refractivity contribution is 0.109. The molecule has 0 aliphatic rings. The molecule has 0 amide bonds. The van der Waals surface area contributed by atoms with Crippen LogP contribution in [0.15, 0.2) is 4.99 Å². The number of hydrazine groups is 1. The van der Waals surface area contributed by atoms with Crippen LogP contribution in [0.3, 0.4) is 0 Å². The molecule has 0 saturated heterocycles. The van der Waals surface area contributed by atoms with Crippen molar-refractivity contribution in [2.24, 2.45) is 10.8 Å². The van der Waals surface area contributed by atoms with Gasteiger partial charge in [-0.2, -0.15) is 0 Å². The molecular formula is C8H19N3O. The van der Waals surface area contributed by atoms with Gasteiger partial charge < -0.3 is 10.2 Å². The molecule has 0 atom stereocenters. The summed E-state index contributed by atoms with van der Waals surface area (Å²) in [5.74, 6) is 5.95. The Hall–Kier alpha value is -0.610. The average Bonchev–Trinajstić information content (AvgIpc) is 2.05. The number of aliphatic imine (C=N–C) groups is 1. The zero-order valence-corrected chi connectivity index (χ0v) is 8.13. The second kappa shape index (κ2) is 7.06. The standard InChI is InChI=1S/C8H19N3O/c1-4-5-10-8(11-9)6-12-7(2)3/h7H,4-6,9H2,1-3H3,(H,10,11). The van der Waals surface area contributed by atoms with Gasteiger partial charge >= 0.3 is 0 Å². The summed E-state index contributed by atoms with van der Waals surface area (Å²) in [7, 11) is 0. The first-order valence-electron chi connectivity index (χ1n) is 4.32. The fraction of sp³-hybridized carbons (Fsp3) is 0.875. The SMILES string of the molecule is CCCN=C(COC(C)C)NN. The lowest BCUT2D eigenvalue weighted by atomic mass is 10.4. The van der Waals surface area contributed by atoms with E-state index >= 15 is 0 Å². The summed E-state index contributed by atoms with van der Waals surface area (Å²) in [5.41, 5.74) is 2.52. The van der Waals surface area contributed by atoms with E-state index in [9.17, 15) is 0 Å². The summed E-state index contributed by atoms with van der Waals surface area (Å²) in [6, 6.07) is 0. The van der Waals surface area contributed by atoms with Crippen LogP contribution in [-0.2, 0) is 4.74 Å². The second-order valence-electron chi connectivity index (χ2n) is 2.83. The molecule has 12 heavy (non-hydrogen) atoms. The van der Waals surface area contributed by atoms with E-state index in [2.05, 4.69) is 17.3 Å². The first-order valence-corrected chi connectivity index (χ1v) is 4.32. The number of amidine groups is 1. The summed E-state index contributed by atoms with van der Waals surface area (Å²) in [6.45, 7) is 7.29. The van der Waals surface area contributed by atoms with Crippen LogP contribution in [0.2, 0.25) is 0 Å². The molecule has 0 bridgehead atoms. The number of hydrogen-bond acceptors (Lipinski definition) is 3. The van der Waals surface area contributed by atoms with Crippen molar-refractivity contribution in [1.29, 1.82) is 0 Å². The Morgan fingerprint density at radius 3 is 2.67 bits per heavy atom. The summed E-state index contributed by atoms with van der Waals surface area (Å²) < 4.78 is 5.32. The van der Waals surface area contributed by atoms with Gasteiger partial charge in [-0.05, 0) is 20.3 Å². The Labute approximate surface area is 74.2 Å². The quantitative estimate of drug-likeness (QED) is 0.278. The van der Waals surface area contributed by atoms with Gasteiger partial charge in [0.25, 0.3) is 0 Å². The molecule has 72 valence electrons. The van der Waals surface area contributed by atoms with Gasteiger partial charge in [0.05, 0.1) is 6.10 Å². The van der Waals surface area contributed by atoms with Crippen LogP contribution in [0.5, 0.6) is 0 Å². The van der Waals surface area contributed by atoms with Gasteiger partial charge in [0, 0.05) is 6.54 Å². The van der Waals surface area contributed by atoms with Gasteiger partial charge in [-0.15, -0.1) is 0 Å². The molecule has 0 aromatic heterocycles. The topological polar surface area (TPSA) is 59.6 Å². The van der Waals surface area contributed by atoms with Crippen molar-refractivity contribution in [1.82, 2.24) is 5.43 Å². The first-order chi connectivity index (χ1) is 5.70. The van der Waals surface area contributed by atoms with E-state index in [-0.39, 0.29) is 6.10 Å². The highest BCUT2D eigenvalue weighted by atomic mass is 16.5. The van der Waals surface area contributed by atoms with E-state index in [0.717, 1.165) is 13.0 Å². The van der Waals surface area contributed by atoms with Gasteiger partial charge in [-0.25, -0.2) is 5.84 Å². The monoisotopic (exact) mass is 173 g/mol. The zero-order valence-electron chi connectivity index (χ0n) is 8.13. The maximum absolute atomic E-state index is 5.32. The number of nitrogens with zero attached hydrogens (tertiary/aromatic N) is 1. The molecule has 3 N–H and O–H groups in total. The van der Waals surface area contributed by atoms with Gasteiger partial charge in [-0.3, -0.25) is 4.99 Å². The highest BCUT2D eigenvalue weighted by Crippen LogP contribution is 1.88. The largest absolute Gasteiger partial charge is 0.371 e. The molecule has 0 heterocycles. The molecule has 4 heteroatoms. The molecule has 0 saturated carbocycles. The van der Waals surface area contributed by atoms with Crippen LogP contribution >= 0.6 is 0 Å². The van der Waals surface area contributed by atoms with E-state index in [1.54, 1.807) is 0 Å². The van der Waals surface area contributed by atoms with E-state index < -0.39 is 0 Å². The number of ether oxygens (including phenoxy) is 1. The van der Waals surface area contributed by atoms with Crippen molar-refractivity contribution in [3.8, 4) is 0 Å². The van der Waals surface area contributed by atoms with Crippen LogP contribution in [-0.4, -0.2) is 25.1 Å². The van der Waals surface area contributed by atoms with Crippen molar-refractivity contribution in [3.63, 3.8) is 0 Å². The first kappa shape index (κ1) is 11.4. The molecule has 0 aliphatic carbocycles. The minimum absolute atomic E-state index is 0.213. The lowest BCUT2D eigenvalue weighted by Gasteiger charge is -2.09. The maximum Gasteiger partial charge on any atom is 0.137 e. The number of hydrogen-bond donors (Lipinski definition) is 2. The smallest absolute Gasteiger partial charge is 0.137 e. The number of rotatable bonds is 5. The van der Waals surface area contributed by atoms with Crippen LogP contribution < -0.4 is 11.3 Å². The Kier molecular flexibility index (Phi) is 6.70. The minimum atomic E-state index is 0.213. The fourth-order valence-corrected chi connectivity index (χ4v) is 0.625. The predicted octanol–water partition coefficient (Wildman–Crippen LogP) is 0.683. The second-order valence-corrected chi connectivity index (χ2v) is 2.83. The van der Waals surface area contributed by atoms with Gasteiger partial charge in [0.1, 0.15) is 12.4 Å². The molecule has 0 fully saturated rings. The van der Waals surface area contributed by atoms with Crippen molar-refractivity contribution in [2.75, 3.05) is 13.2 Å². The third-order valence-corrected chi connectivity index (χ3v) is 1.25. The van der Waals surface area contributed by atoms with Crippen molar-refractivity contribution in [3.05, 3.63) is 0 Å². The third-order valence-electron chi connectivity index (χ3n) is 1.25. The summed E-state index contributed by atoms with van der Waals surface area (Å²) in [6.07, 6.45) is 1.23. The van der Waals surface area contributed by atoms with E-state index in [4.69, 9.17) is 10.6 Å². The molecule has 0 unspecified atom stereocenters. The fourth-order valence-electron chi connectivity index (χ4n) is 0.625. The van der Waals surface area contributed by atoms with Gasteiger partial charge in [0.15, 0.2) is 0 Å². The highest BCUT2D eigenvalue weighted by molar-refractivity contribution is 5.82. The van der Waals surface area contributed by atoms with E-state index in [1.165, 1.54) is 0 Å². The predicted molar refractivity (Wildman–Crippen MR) is 51.0 cm³/mol. The highest BCUT2D eigenvalue weighted by Gasteiger charge is 1.97. The van der Waals surface area contributed by atoms with Crippen LogP contribution in [0, 0.1) is 0 Å². The van der Waals surface area contributed by atoms with Gasteiger partial charge in [-0.1, -0.05) is 6.92 Å². The normalized spacial score (nSPS) is 12.2. The Balaban J connectivity index is 3.66.